The van der Waals surface area contributed by atoms with E-state index >= 15 is 0 Å². The minimum atomic E-state index is -0.0834. The summed E-state index contributed by atoms with van der Waals surface area (Å²) < 4.78 is 2.12. The fourth-order valence-corrected chi connectivity index (χ4v) is 3.72. The highest BCUT2D eigenvalue weighted by molar-refractivity contribution is 6.31. The molecule has 2 aliphatic rings. The zero-order valence-electron chi connectivity index (χ0n) is 12.0. The van der Waals surface area contributed by atoms with E-state index in [-0.39, 0.29) is 5.41 Å². The maximum atomic E-state index is 6.44. The lowest BCUT2D eigenvalue weighted by atomic mass is 9.95. The summed E-state index contributed by atoms with van der Waals surface area (Å²) >= 11 is 6.44. The third kappa shape index (κ3) is 1.67. The van der Waals surface area contributed by atoms with E-state index in [0.29, 0.717) is 5.92 Å². The van der Waals surface area contributed by atoms with Crippen molar-refractivity contribution in [3.05, 3.63) is 58.8 Å². The summed E-state index contributed by atoms with van der Waals surface area (Å²) in [4.78, 5) is 4.53. The van der Waals surface area contributed by atoms with Crippen molar-refractivity contribution in [2.24, 2.45) is 0 Å². The largest absolute Gasteiger partial charge is 0.283 e. The molecule has 1 aromatic carbocycles. The van der Waals surface area contributed by atoms with Crippen molar-refractivity contribution >= 4 is 17.2 Å². The Morgan fingerprint density at radius 3 is 2.68 bits per heavy atom. The molecule has 0 bridgehead atoms. The normalized spacial score (nSPS) is 19.5. The number of fused-ring (bicyclic) bond motifs is 1. The quantitative estimate of drug-likeness (QED) is 0.740. The molecular formula is C17H15ClN4. The molecule has 0 radical (unpaired) electrons. The molecule has 2 aliphatic carbocycles. The van der Waals surface area contributed by atoms with Gasteiger partial charge in [0.2, 0.25) is 0 Å². The van der Waals surface area contributed by atoms with Gasteiger partial charge in [-0.3, -0.25) is 9.38 Å². The SMILES string of the molecule is Clc1ccccc1C1(c2nnc3c(C4CC4)nccn23)CC1. The molecular weight excluding hydrogens is 296 g/mol. The highest BCUT2D eigenvalue weighted by atomic mass is 35.5. The van der Waals surface area contributed by atoms with Gasteiger partial charge in [0.05, 0.1) is 11.1 Å². The Balaban J connectivity index is 1.71. The molecule has 2 fully saturated rings. The number of halogens is 1. The van der Waals surface area contributed by atoms with Crippen molar-refractivity contribution in [3.63, 3.8) is 0 Å². The zero-order valence-corrected chi connectivity index (χ0v) is 12.8. The first-order valence-corrected chi connectivity index (χ1v) is 8.12. The molecule has 22 heavy (non-hydrogen) atoms. The summed E-state index contributed by atoms with van der Waals surface area (Å²) in [5, 5.41) is 9.79. The summed E-state index contributed by atoms with van der Waals surface area (Å²) in [6.07, 6.45) is 8.41. The van der Waals surface area contributed by atoms with Crippen LogP contribution >= 0.6 is 11.6 Å². The van der Waals surface area contributed by atoms with Crippen molar-refractivity contribution < 1.29 is 0 Å². The van der Waals surface area contributed by atoms with Gasteiger partial charge in [-0.2, -0.15) is 0 Å². The monoisotopic (exact) mass is 310 g/mol. The molecule has 0 aliphatic heterocycles. The summed E-state index contributed by atoms with van der Waals surface area (Å²) in [6.45, 7) is 0. The van der Waals surface area contributed by atoms with Gasteiger partial charge < -0.3 is 0 Å². The van der Waals surface area contributed by atoms with Crippen LogP contribution in [0.1, 0.15) is 48.7 Å². The Hall–Kier alpha value is -1.94. The first-order chi connectivity index (χ1) is 10.8. The van der Waals surface area contributed by atoms with Crippen LogP contribution in [-0.2, 0) is 5.41 Å². The molecule has 0 spiro atoms. The van der Waals surface area contributed by atoms with Gasteiger partial charge in [0, 0.05) is 23.3 Å². The van der Waals surface area contributed by atoms with Gasteiger partial charge in [0.15, 0.2) is 5.65 Å². The molecule has 3 aromatic rings. The van der Waals surface area contributed by atoms with Gasteiger partial charge >= 0.3 is 0 Å². The molecule has 110 valence electrons. The van der Waals surface area contributed by atoms with Gasteiger partial charge in [0.1, 0.15) is 5.82 Å². The van der Waals surface area contributed by atoms with E-state index in [0.717, 1.165) is 40.6 Å². The minimum absolute atomic E-state index is 0.0834. The predicted molar refractivity (Wildman–Crippen MR) is 84.2 cm³/mol. The fourth-order valence-electron chi connectivity index (χ4n) is 3.40. The zero-order chi connectivity index (χ0) is 14.7. The Bertz CT molecular complexity index is 877. The topological polar surface area (TPSA) is 43.1 Å². The number of benzene rings is 1. The third-order valence-electron chi connectivity index (χ3n) is 4.89. The Morgan fingerprint density at radius 2 is 1.95 bits per heavy atom. The lowest BCUT2D eigenvalue weighted by Gasteiger charge is -2.15. The molecule has 4 nitrogen and oxygen atoms in total. The molecule has 0 atom stereocenters. The van der Waals surface area contributed by atoms with E-state index < -0.39 is 0 Å². The van der Waals surface area contributed by atoms with Crippen LogP contribution in [0.5, 0.6) is 0 Å². The van der Waals surface area contributed by atoms with Crippen molar-refractivity contribution in [3.8, 4) is 0 Å². The number of rotatable bonds is 3. The van der Waals surface area contributed by atoms with Crippen LogP contribution in [0, 0.1) is 0 Å². The molecule has 0 amide bonds. The van der Waals surface area contributed by atoms with Crippen LogP contribution in [0.15, 0.2) is 36.7 Å². The van der Waals surface area contributed by atoms with E-state index in [1.807, 2.05) is 30.6 Å². The lowest BCUT2D eigenvalue weighted by molar-refractivity contribution is 0.738. The lowest BCUT2D eigenvalue weighted by Crippen LogP contribution is -2.14. The molecule has 0 saturated heterocycles. The molecule has 5 rings (SSSR count). The summed E-state index contributed by atoms with van der Waals surface area (Å²) in [6, 6.07) is 8.08. The standard InChI is InChI=1S/C17H15ClN4/c18-13-4-2-1-3-12(13)17(7-8-17)16-21-20-15-14(11-5-6-11)19-9-10-22(15)16/h1-4,9-11H,5-8H2. The number of hydrogen-bond donors (Lipinski definition) is 0. The second-order valence-corrected chi connectivity index (χ2v) is 6.77. The van der Waals surface area contributed by atoms with Gasteiger partial charge in [-0.25, -0.2) is 0 Å². The Morgan fingerprint density at radius 1 is 1.14 bits per heavy atom. The summed E-state index contributed by atoms with van der Waals surface area (Å²) in [5.74, 6) is 1.57. The number of hydrogen-bond acceptors (Lipinski definition) is 3. The molecule has 2 saturated carbocycles. The van der Waals surface area contributed by atoms with Crippen LogP contribution in [0.4, 0.5) is 0 Å². The number of aromatic nitrogens is 4. The van der Waals surface area contributed by atoms with Crippen molar-refractivity contribution in [1.29, 1.82) is 0 Å². The van der Waals surface area contributed by atoms with Crippen molar-refractivity contribution in [2.75, 3.05) is 0 Å². The highest BCUT2D eigenvalue weighted by Gasteiger charge is 2.51. The first kappa shape index (κ1) is 12.6. The molecule has 0 N–H and O–H groups in total. The highest BCUT2D eigenvalue weighted by Crippen LogP contribution is 2.54. The first-order valence-electron chi connectivity index (χ1n) is 7.75. The molecule has 2 aromatic heterocycles. The third-order valence-corrected chi connectivity index (χ3v) is 5.22. The predicted octanol–water partition coefficient (Wildman–Crippen LogP) is 3.74. The van der Waals surface area contributed by atoms with Crippen LogP contribution in [0.2, 0.25) is 5.02 Å². The van der Waals surface area contributed by atoms with E-state index in [4.69, 9.17) is 11.6 Å². The van der Waals surface area contributed by atoms with Gasteiger partial charge in [-0.1, -0.05) is 29.8 Å². The average Bonchev–Trinajstić information content (AvgIpc) is 3.46. The van der Waals surface area contributed by atoms with Crippen molar-refractivity contribution in [1.82, 2.24) is 19.6 Å². The van der Waals surface area contributed by atoms with Gasteiger partial charge in [-0.05, 0) is 37.3 Å². The van der Waals surface area contributed by atoms with E-state index in [9.17, 15) is 0 Å². The maximum absolute atomic E-state index is 6.44. The van der Waals surface area contributed by atoms with Crippen LogP contribution < -0.4 is 0 Å². The Labute approximate surface area is 133 Å². The Kier molecular flexibility index (Phi) is 2.46. The minimum Gasteiger partial charge on any atom is -0.283 e. The van der Waals surface area contributed by atoms with Crippen LogP contribution in [-0.4, -0.2) is 19.6 Å². The van der Waals surface area contributed by atoms with E-state index in [2.05, 4.69) is 25.6 Å². The van der Waals surface area contributed by atoms with E-state index in [1.54, 1.807) is 0 Å². The van der Waals surface area contributed by atoms with Gasteiger partial charge in [0.25, 0.3) is 0 Å². The number of nitrogens with zero attached hydrogens (tertiary/aromatic N) is 4. The van der Waals surface area contributed by atoms with E-state index in [1.165, 1.54) is 12.8 Å². The second kappa shape index (κ2) is 4.29. The average molecular weight is 311 g/mol. The molecule has 0 unspecified atom stereocenters. The molecule has 2 heterocycles. The fraction of sp³-hybridized carbons (Fsp3) is 0.353. The smallest absolute Gasteiger partial charge is 0.182 e. The summed E-state index contributed by atoms with van der Waals surface area (Å²) in [7, 11) is 0. The van der Waals surface area contributed by atoms with Crippen molar-refractivity contribution in [2.45, 2.75) is 37.0 Å². The maximum Gasteiger partial charge on any atom is 0.182 e. The second-order valence-electron chi connectivity index (χ2n) is 6.37. The van der Waals surface area contributed by atoms with Crippen LogP contribution in [0.3, 0.4) is 0 Å². The van der Waals surface area contributed by atoms with Crippen LogP contribution in [0.25, 0.3) is 5.65 Å². The summed E-state index contributed by atoms with van der Waals surface area (Å²) in [5.41, 5.74) is 3.09. The molecule has 5 heteroatoms. The van der Waals surface area contributed by atoms with Gasteiger partial charge in [-0.15, -0.1) is 10.2 Å².